The number of benzene rings is 8. The molecule has 1 aromatic heterocycles. The first-order chi connectivity index (χ1) is 35.9. The average Bonchev–Trinajstić information content (AvgIpc) is 3.48. The van der Waals surface area contributed by atoms with Crippen LogP contribution in [0.1, 0.15) is 43.9 Å². The summed E-state index contributed by atoms with van der Waals surface area (Å²) in [6, 6.07) is -25.0. The number of nitrogens with zero attached hydrogens (tertiary/aromatic N) is 3. The molecule has 1 heterocycles. The number of rotatable bonds is 5. The Kier molecular flexibility index (Phi) is 2.91. The van der Waals surface area contributed by atoms with E-state index in [0.717, 1.165) is 0 Å². The first-order valence-corrected chi connectivity index (χ1v) is 14.3. The second-order valence-electron chi connectivity index (χ2n) is 10.3. The minimum absolute atomic E-state index is 0.122. The molecular weight excluding hydrogens is 595 g/mol. The van der Waals surface area contributed by atoms with Gasteiger partial charge in [-0.3, -0.25) is 0 Å². The lowest BCUT2D eigenvalue weighted by Gasteiger charge is -2.13. The molecule has 0 aliphatic heterocycles. The van der Waals surface area contributed by atoms with Gasteiger partial charge in [-0.2, -0.15) is 0 Å². The van der Waals surface area contributed by atoms with Crippen molar-refractivity contribution >= 4 is 32.3 Å². The highest BCUT2D eigenvalue weighted by atomic mass is 15.0. The molecule has 0 spiro atoms. The summed E-state index contributed by atoms with van der Waals surface area (Å²) in [5.41, 5.74) is -5.74. The maximum absolute atomic E-state index is 9.85. The fraction of sp³-hybridized carbons (Fsp3) is 0.0217. The smallest absolute Gasteiger partial charge is 0.164 e. The van der Waals surface area contributed by atoms with Gasteiger partial charge in [0.1, 0.15) is 0 Å². The number of fused-ring (bicyclic) bond motifs is 6. The van der Waals surface area contributed by atoms with Crippen molar-refractivity contribution in [3.63, 3.8) is 0 Å². The number of aromatic nitrogens is 3. The van der Waals surface area contributed by atoms with Crippen LogP contribution in [0.3, 0.4) is 0 Å². The molecule has 0 amide bonds. The van der Waals surface area contributed by atoms with E-state index in [2.05, 4.69) is 15.0 Å². The van der Waals surface area contributed by atoms with Crippen molar-refractivity contribution in [1.29, 1.82) is 0 Å². The van der Waals surface area contributed by atoms with E-state index in [4.69, 9.17) is 31.5 Å². The minimum atomic E-state index is -1.04. The second kappa shape index (κ2) is 12.0. The Morgan fingerprint density at radius 2 is 0.673 bits per heavy atom. The third kappa shape index (κ3) is 5.32. The van der Waals surface area contributed by atoms with Crippen LogP contribution in [0.5, 0.6) is 0 Å². The van der Waals surface area contributed by atoms with Gasteiger partial charge in [0.25, 0.3) is 0 Å². The molecular formula is C46H31N3. The van der Waals surface area contributed by atoms with Crippen LogP contribution in [0.2, 0.25) is 0 Å². The summed E-state index contributed by atoms with van der Waals surface area (Å²) in [5.74, 6) is -2.87. The highest BCUT2D eigenvalue weighted by Crippen LogP contribution is 2.37. The summed E-state index contributed by atoms with van der Waals surface area (Å²) in [4.78, 5) is 13.1. The van der Waals surface area contributed by atoms with E-state index < -0.39 is 258 Å². The van der Waals surface area contributed by atoms with Crippen molar-refractivity contribution in [3.05, 3.63) is 175 Å². The van der Waals surface area contributed by atoms with Gasteiger partial charge >= 0.3 is 0 Å². The topological polar surface area (TPSA) is 38.7 Å². The van der Waals surface area contributed by atoms with Crippen molar-refractivity contribution < 1.29 is 38.4 Å². The van der Waals surface area contributed by atoms with Crippen molar-refractivity contribution in [1.82, 2.24) is 15.0 Å². The SMILES string of the molecule is [2H]c1c([2H])c([2H])c(-c2c([2H])c([2H])c([2H])c(-c3nc(-c4c([2H])c([2H])c([2H])c(-c5c([2H])c([2H])c(C)c([2H])c5[2H])c4[2H])nc(-c4c([2H])c([2H])c5c6c([2H])c([2H])c([2H])c([2H])c6c6c([2H])c([2H])c([2H])c([2H])c6c5c4[2H])n3)c2[2H])c([2H])c1[2H]. The fourth-order valence-corrected chi connectivity index (χ4v) is 5.02. The minimum Gasteiger partial charge on any atom is -0.208 e. The van der Waals surface area contributed by atoms with E-state index in [-0.39, 0.29) is 5.56 Å². The van der Waals surface area contributed by atoms with Crippen molar-refractivity contribution in [2.24, 2.45) is 0 Å². The predicted octanol–water partition coefficient (Wildman–Crippen LogP) is 12.0. The van der Waals surface area contributed by atoms with Gasteiger partial charge in [0.2, 0.25) is 0 Å². The van der Waals surface area contributed by atoms with E-state index >= 15 is 0 Å². The van der Waals surface area contributed by atoms with E-state index in [1.165, 1.54) is 6.92 Å². The Morgan fingerprint density at radius 1 is 0.306 bits per heavy atom. The summed E-state index contributed by atoms with van der Waals surface area (Å²) >= 11 is 0. The standard InChI is InChI=1S/C46H31N3/c1-30-21-23-32(24-22-30)34-14-10-16-36(28-34)45-47-44(35-15-9-13-33(27-35)31-11-3-2-4-12-31)48-46(49-45)37-25-26-42-40-19-6-5-17-38(40)39-18-7-8-20-41(39)43(42)29-37/h2-29H,1H3/i2D,3D,4D,5D,6D,7D,8D,9D,10D,11D,12D,13D,14D,15D,16D,17D,18D,19D,20D,21D,22D,23D,24D,25D,26D,27D,28D,29D. The normalized spacial score (nSPS) is 19.4. The molecule has 0 atom stereocenters. The molecule has 230 valence electrons. The Morgan fingerprint density at radius 3 is 1.20 bits per heavy atom. The highest BCUT2D eigenvalue weighted by molar-refractivity contribution is 6.25. The van der Waals surface area contributed by atoms with Gasteiger partial charge in [0.05, 0.1) is 38.4 Å². The van der Waals surface area contributed by atoms with Gasteiger partial charge in [0.15, 0.2) is 17.5 Å². The zero-order valence-electron chi connectivity index (χ0n) is 52.8. The lowest BCUT2D eigenvalue weighted by molar-refractivity contribution is 1.07. The van der Waals surface area contributed by atoms with Crippen LogP contribution < -0.4 is 0 Å². The Balaban J connectivity index is 1.53. The average molecular weight is 654 g/mol. The molecule has 0 N–H and O–H groups in total. The summed E-state index contributed by atoms with van der Waals surface area (Å²) in [5, 5.41) is -3.28. The van der Waals surface area contributed by atoms with E-state index in [9.17, 15) is 6.85 Å². The van der Waals surface area contributed by atoms with Crippen LogP contribution >= 0.6 is 0 Å². The highest BCUT2D eigenvalue weighted by Gasteiger charge is 2.16. The number of hydrogen-bond acceptors (Lipinski definition) is 3. The molecule has 0 saturated heterocycles. The molecule has 9 aromatic rings. The van der Waals surface area contributed by atoms with Gasteiger partial charge in [-0.15, -0.1) is 0 Å². The second-order valence-corrected chi connectivity index (χ2v) is 10.3. The molecule has 3 nitrogen and oxygen atoms in total. The quantitative estimate of drug-likeness (QED) is 0.174. The molecule has 0 fully saturated rings. The molecule has 0 aliphatic carbocycles. The monoisotopic (exact) mass is 653 g/mol. The Labute approximate surface area is 324 Å². The van der Waals surface area contributed by atoms with Gasteiger partial charge in [-0.1, -0.05) is 157 Å². The van der Waals surface area contributed by atoms with E-state index in [0.29, 0.717) is 0 Å². The van der Waals surface area contributed by atoms with E-state index in [1.54, 1.807) is 0 Å². The summed E-state index contributed by atoms with van der Waals surface area (Å²) in [6.45, 7) is 1.28. The lowest BCUT2D eigenvalue weighted by Crippen LogP contribution is -2.00. The third-order valence-corrected chi connectivity index (χ3v) is 7.24. The molecule has 0 unspecified atom stereocenters. The first kappa shape index (κ1) is 11.9. The summed E-state index contributed by atoms with van der Waals surface area (Å²) in [6.07, 6.45) is 0. The molecule has 8 aromatic carbocycles. The van der Waals surface area contributed by atoms with Crippen LogP contribution in [-0.2, 0) is 0 Å². The number of hydrogen-bond donors (Lipinski definition) is 0. The molecule has 9 rings (SSSR count). The third-order valence-electron chi connectivity index (χ3n) is 7.24. The predicted molar refractivity (Wildman–Crippen MR) is 204 cm³/mol. The summed E-state index contributed by atoms with van der Waals surface area (Å²) < 4.78 is 248. The zero-order chi connectivity index (χ0) is 57.1. The Hall–Kier alpha value is -6.45. The maximum atomic E-state index is 9.85. The molecule has 0 saturated carbocycles. The largest absolute Gasteiger partial charge is 0.208 e. The van der Waals surface area contributed by atoms with Crippen molar-refractivity contribution in [3.8, 4) is 56.4 Å². The van der Waals surface area contributed by atoms with Crippen molar-refractivity contribution in [2.75, 3.05) is 0 Å². The first-order valence-electron chi connectivity index (χ1n) is 28.3. The van der Waals surface area contributed by atoms with Crippen LogP contribution in [0.4, 0.5) is 0 Å². The molecule has 0 radical (unpaired) electrons. The maximum Gasteiger partial charge on any atom is 0.164 e. The molecule has 3 heteroatoms. The van der Waals surface area contributed by atoms with Crippen LogP contribution in [0.15, 0.2) is 169 Å². The zero-order valence-corrected chi connectivity index (χ0v) is 24.8. The summed E-state index contributed by atoms with van der Waals surface area (Å²) in [7, 11) is 0. The Bertz CT molecular complexity index is 4010. The van der Waals surface area contributed by atoms with Gasteiger partial charge < -0.3 is 0 Å². The van der Waals surface area contributed by atoms with Crippen LogP contribution in [0, 0.1) is 6.92 Å². The molecule has 49 heavy (non-hydrogen) atoms. The van der Waals surface area contributed by atoms with Crippen LogP contribution in [0.25, 0.3) is 88.7 Å². The fourth-order valence-electron chi connectivity index (χ4n) is 5.02. The molecule has 0 aliphatic rings. The van der Waals surface area contributed by atoms with Gasteiger partial charge in [-0.05, 0) is 79.6 Å². The van der Waals surface area contributed by atoms with Crippen molar-refractivity contribution in [2.45, 2.75) is 6.92 Å². The van der Waals surface area contributed by atoms with Crippen LogP contribution in [-0.4, -0.2) is 15.0 Å². The molecule has 0 bridgehead atoms. The van der Waals surface area contributed by atoms with E-state index in [1.807, 2.05) is 0 Å². The lowest BCUT2D eigenvalue weighted by atomic mass is 9.93. The van der Waals surface area contributed by atoms with Gasteiger partial charge in [0, 0.05) is 16.7 Å². The van der Waals surface area contributed by atoms with Gasteiger partial charge in [-0.25, -0.2) is 15.0 Å².